The third-order valence-electron chi connectivity index (χ3n) is 4.10. The Morgan fingerprint density at radius 2 is 1.83 bits per heavy atom. The second-order valence-corrected chi connectivity index (χ2v) is 8.28. The van der Waals surface area contributed by atoms with E-state index in [9.17, 15) is 9.59 Å². The Morgan fingerprint density at radius 3 is 2.28 bits per heavy atom. The van der Waals surface area contributed by atoms with Crippen molar-refractivity contribution in [2.45, 2.75) is 32.4 Å². The van der Waals surface area contributed by atoms with Gasteiger partial charge in [0, 0.05) is 23.6 Å². The summed E-state index contributed by atoms with van der Waals surface area (Å²) in [6, 6.07) is 0. The van der Waals surface area contributed by atoms with E-state index in [0.717, 1.165) is 18.8 Å². The average Bonchev–Trinajstić information content (AvgIpc) is 2.79. The molecule has 2 rings (SSSR count). The van der Waals surface area contributed by atoms with Gasteiger partial charge in [-0.3, -0.25) is 9.59 Å². The maximum atomic E-state index is 12.4. The highest BCUT2D eigenvalue weighted by atomic mass is 32.2. The van der Waals surface area contributed by atoms with Gasteiger partial charge in [0.1, 0.15) is 0 Å². The van der Waals surface area contributed by atoms with Gasteiger partial charge in [0.15, 0.2) is 0 Å². The molecule has 1 aliphatic heterocycles. The van der Waals surface area contributed by atoms with Crippen LogP contribution in [0.1, 0.15) is 27.7 Å². The number of amides is 1. The number of carbonyl (C=O) groups is 2. The first-order valence-electron chi connectivity index (χ1n) is 6.32. The molecule has 5 heteroatoms. The lowest BCUT2D eigenvalue weighted by Crippen LogP contribution is -2.47. The molecule has 0 spiro atoms. The topological polar surface area (TPSA) is 57.6 Å². The number of thioether (sulfide) groups is 1. The van der Waals surface area contributed by atoms with E-state index in [1.165, 1.54) is 0 Å². The molecule has 1 heterocycles. The van der Waals surface area contributed by atoms with Crippen LogP contribution in [-0.4, -0.2) is 45.5 Å². The molecular weight excluding hydrogens is 250 g/mol. The van der Waals surface area contributed by atoms with Crippen molar-refractivity contribution in [3.05, 3.63) is 0 Å². The van der Waals surface area contributed by atoms with Gasteiger partial charge >= 0.3 is 5.97 Å². The number of carboxylic acid groups (broad SMARTS) is 1. The fourth-order valence-corrected chi connectivity index (χ4v) is 4.07. The number of hydrogen-bond donors (Lipinski definition) is 1. The van der Waals surface area contributed by atoms with Gasteiger partial charge in [0.05, 0.1) is 11.8 Å². The van der Waals surface area contributed by atoms with Crippen LogP contribution in [0.2, 0.25) is 0 Å². The van der Waals surface area contributed by atoms with Crippen LogP contribution in [0, 0.1) is 17.3 Å². The maximum absolute atomic E-state index is 12.4. The average molecular weight is 271 g/mol. The van der Waals surface area contributed by atoms with Gasteiger partial charge in [0.2, 0.25) is 5.91 Å². The minimum absolute atomic E-state index is 0.0285. The smallest absolute Gasteiger partial charge is 0.307 e. The summed E-state index contributed by atoms with van der Waals surface area (Å²) in [5.41, 5.74) is -0.391. The Bertz CT molecular complexity index is 392. The summed E-state index contributed by atoms with van der Waals surface area (Å²) < 4.78 is 0.0751. The minimum atomic E-state index is -0.844. The van der Waals surface area contributed by atoms with Crippen LogP contribution in [0.3, 0.4) is 0 Å². The van der Waals surface area contributed by atoms with Crippen molar-refractivity contribution in [3.63, 3.8) is 0 Å². The molecule has 0 unspecified atom stereocenters. The van der Waals surface area contributed by atoms with Crippen molar-refractivity contribution >= 4 is 23.6 Å². The Balaban J connectivity index is 2.07. The van der Waals surface area contributed by atoms with E-state index in [2.05, 4.69) is 13.8 Å². The van der Waals surface area contributed by atoms with Gasteiger partial charge in [-0.1, -0.05) is 13.8 Å². The molecule has 2 aliphatic rings. The summed E-state index contributed by atoms with van der Waals surface area (Å²) in [6.07, 6.45) is 0. The van der Waals surface area contributed by atoms with Crippen LogP contribution in [0.4, 0.5) is 0 Å². The summed E-state index contributed by atoms with van der Waals surface area (Å²) in [5.74, 6) is -0.731. The van der Waals surface area contributed by atoms with E-state index in [1.54, 1.807) is 0 Å². The van der Waals surface area contributed by atoms with Gasteiger partial charge in [-0.05, 0) is 19.3 Å². The van der Waals surface area contributed by atoms with E-state index in [-0.39, 0.29) is 16.6 Å². The van der Waals surface area contributed by atoms with Gasteiger partial charge < -0.3 is 10.0 Å². The minimum Gasteiger partial charge on any atom is -0.481 e. The zero-order valence-corrected chi connectivity index (χ0v) is 12.2. The van der Waals surface area contributed by atoms with Crippen LogP contribution >= 0.6 is 11.8 Å². The fourth-order valence-electron chi connectivity index (χ4n) is 2.96. The molecule has 2 fully saturated rings. The van der Waals surface area contributed by atoms with Crippen molar-refractivity contribution in [2.24, 2.45) is 17.3 Å². The van der Waals surface area contributed by atoms with E-state index in [1.807, 2.05) is 30.5 Å². The van der Waals surface area contributed by atoms with Gasteiger partial charge in [-0.15, -0.1) is 0 Å². The quantitative estimate of drug-likeness (QED) is 0.830. The van der Waals surface area contributed by atoms with Gasteiger partial charge in [-0.2, -0.15) is 11.8 Å². The predicted molar refractivity (Wildman–Crippen MR) is 71.5 cm³/mol. The van der Waals surface area contributed by atoms with Crippen molar-refractivity contribution in [1.82, 2.24) is 4.90 Å². The van der Waals surface area contributed by atoms with Crippen molar-refractivity contribution < 1.29 is 14.7 Å². The number of rotatable bonds is 2. The van der Waals surface area contributed by atoms with Gasteiger partial charge in [0.25, 0.3) is 0 Å². The summed E-state index contributed by atoms with van der Waals surface area (Å²) >= 11 is 1.87. The fraction of sp³-hybridized carbons (Fsp3) is 0.846. The highest BCUT2D eigenvalue weighted by Gasteiger charge is 2.66. The molecule has 1 N–H and O–H groups in total. The molecule has 102 valence electrons. The Labute approximate surface area is 112 Å². The van der Waals surface area contributed by atoms with E-state index in [0.29, 0.717) is 0 Å². The third-order valence-corrected chi connectivity index (χ3v) is 5.39. The highest BCUT2D eigenvalue weighted by molar-refractivity contribution is 8.00. The number of aliphatic carboxylic acids is 1. The second-order valence-electron chi connectivity index (χ2n) is 6.48. The van der Waals surface area contributed by atoms with Crippen LogP contribution in [0.25, 0.3) is 0 Å². The van der Waals surface area contributed by atoms with Crippen molar-refractivity contribution in [3.8, 4) is 0 Å². The molecule has 0 aromatic rings. The summed E-state index contributed by atoms with van der Waals surface area (Å²) in [5, 5.41) is 9.13. The highest BCUT2D eigenvalue weighted by Crippen LogP contribution is 2.59. The first-order chi connectivity index (χ1) is 8.17. The maximum Gasteiger partial charge on any atom is 0.307 e. The molecule has 0 radical (unpaired) electrons. The first-order valence-corrected chi connectivity index (χ1v) is 7.31. The summed E-state index contributed by atoms with van der Waals surface area (Å²) in [6.45, 7) is 9.46. The lowest BCUT2D eigenvalue weighted by Gasteiger charge is -2.37. The molecule has 1 saturated carbocycles. The molecular formula is C13H21NO3S. The molecule has 2 atom stereocenters. The van der Waals surface area contributed by atoms with Crippen LogP contribution in [-0.2, 0) is 9.59 Å². The molecule has 1 aliphatic carbocycles. The van der Waals surface area contributed by atoms with Crippen LogP contribution < -0.4 is 0 Å². The lowest BCUT2D eigenvalue weighted by atomic mass is 10.1. The largest absolute Gasteiger partial charge is 0.481 e. The molecule has 0 bridgehead atoms. The molecule has 1 amide bonds. The van der Waals surface area contributed by atoms with E-state index >= 15 is 0 Å². The SMILES string of the molecule is CC1(C)CN(C(=O)[C@H]2[C@@H](C(=O)O)C2(C)C)CCS1. The molecule has 0 aromatic carbocycles. The molecule has 18 heavy (non-hydrogen) atoms. The number of nitrogens with zero attached hydrogens (tertiary/aromatic N) is 1. The van der Waals surface area contributed by atoms with Crippen LogP contribution in [0.15, 0.2) is 0 Å². The number of carbonyl (C=O) groups excluding carboxylic acids is 1. The lowest BCUT2D eigenvalue weighted by molar-refractivity contribution is -0.142. The standard InChI is InChI=1S/C13H21NO3S/c1-12(2)7-14(5-6-18-12)10(15)8-9(11(16)17)13(8,3)4/h8-9H,5-7H2,1-4H3,(H,16,17)/t8-,9+/m1/s1. The first kappa shape index (κ1) is 13.7. The zero-order chi connectivity index (χ0) is 13.7. The van der Waals surface area contributed by atoms with Crippen molar-refractivity contribution in [2.75, 3.05) is 18.8 Å². The summed E-state index contributed by atoms with van der Waals surface area (Å²) in [7, 11) is 0. The van der Waals surface area contributed by atoms with E-state index in [4.69, 9.17) is 5.11 Å². The second kappa shape index (κ2) is 4.15. The van der Waals surface area contributed by atoms with E-state index < -0.39 is 17.3 Å². The van der Waals surface area contributed by atoms with Gasteiger partial charge in [-0.25, -0.2) is 0 Å². The summed E-state index contributed by atoms with van der Waals surface area (Å²) in [4.78, 5) is 25.4. The number of hydrogen-bond acceptors (Lipinski definition) is 3. The Kier molecular flexibility index (Phi) is 3.16. The predicted octanol–water partition coefficient (Wildman–Crippen LogP) is 1.70. The normalized spacial score (nSPS) is 33.0. The van der Waals surface area contributed by atoms with Crippen LogP contribution in [0.5, 0.6) is 0 Å². The Hall–Kier alpha value is -0.710. The molecule has 1 saturated heterocycles. The Morgan fingerprint density at radius 1 is 1.22 bits per heavy atom. The number of carboxylic acids is 1. The third kappa shape index (κ3) is 2.25. The van der Waals surface area contributed by atoms with Crippen molar-refractivity contribution in [1.29, 1.82) is 0 Å². The molecule has 4 nitrogen and oxygen atoms in total. The monoisotopic (exact) mass is 271 g/mol. The molecule has 0 aromatic heterocycles. The zero-order valence-electron chi connectivity index (χ0n) is 11.4.